The van der Waals surface area contributed by atoms with Crippen molar-refractivity contribution in [3.63, 3.8) is 0 Å². The highest BCUT2D eigenvalue weighted by Crippen LogP contribution is 2.17. The van der Waals surface area contributed by atoms with Gasteiger partial charge in [0.25, 0.3) is 5.91 Å². The van der Waals surface area contributed by atoms with Gasteiger partial charge in [-0.2, -0.15) is 0 Å². The van der Waals surface area contributed by atoms with Crippen molar-refractivity contribution >= 4 is 11.8 Å². The van der Waals surface area contributed by atoms with Crippen LogP contribution in [0.5, 0.6) is 0 Å². The largest absolute Gasteiger partial charge is 0.390 e. The topological polar surface area (TPSA) is 69.6 Å². The number of hydrogen-bond donors (Lipinski definition) is 2. The Balaban J connectivity index is 1.99. The van der Waals surface area contributed by atoms with Gasteiger partial charge in [-0.1, -0.05) is 12.1 Å². The van der Waals surface area contributed by atoms with E-state index < -0.39 is 5.60 Å². The van der Waals surface area contributed by atoms with Gasteiger partial charge in [0.15, 0.2) is 0 Å². The van der Waals surface area contributed by atoms with Crippen molar-refractivity contribution in [2.24, 2.45) is 0 Å². The number of aliphatic hydroxyl groups is 1. The average molecular weight is 318 g/mol. The monoisotopic (exact) mass is 318 g/mol. The Morgan fingerprint density at radius 3 is 2.78 bits per heavy atom. The summed E-state index contributed by atoms with van der Waals surface area (Å²) in [5, 5.41) is 12.7. The maximum Gasteiger partial charge on any atom is 0.253 e. The number of nitrogens with one attached hydrogen (secondary N) is 1. The van der Waals surface area contributed by atoms with Crippen LogP contribution in [0.15, 0.2) is 24.3 Å². The number of carbonyl (C=O) groups excluding carboxylic acids is 2. The summed E-state index contributed by atoms with van der Waals surface area (Å²) in [6.07, 6.45) is 2.18. The van der Waals surface area contributed by atoms with E-state index in [1.54, 1.807) is 18.7 Å². The Hall–Kier alpha value is -1.88. The van der Waals surface area contributed by atoms with Gasteiger partial charge in [-0.05, 0) is 50.8 Å². The molecule has 2 N–H and O–H groups in total. The van der Waals surface area contributed by atoms with Crippen LogP contribution >= 0.6 is 0 Å². The first-order valence-corrected chi connectivity index (χ1v) is 8.12. The molecule has 0 unspecified atom stereocenters. The second kappa shape index (κ2) is 7.13. The maximum atomic E-state index is 12.6. The lowest BCUT2D eigenvalue weighted by molar-refractivity contribution is -0.119. The number of hydrogen-bond acceptors (Lipinski definition) is 3. The fourth-order valence-corrected chi connectivity index (χ4v) is 2.84. The van der Waals surface area contributed by atoms with Crippen LogP contribution in [-0.4, -0.2) is 46.6 Å². The summed E-state index contributed by atoms with van der Waals surface area (Å²) in [6.45, 7) is 6.30. The van der Waals surface area contributed by atoms with Gasteiger partial charge in [-0.3, -0.25) is 9.59 Å². The number of aryl methyl sites for hydroxylation is 1. The molecular weight excluding hydrogens is 292 g/mol. The third-order valence-electron chi connectivity index (χ3n) is 4.08. The van der Waals surface area contributed by atoms with Gasteiger partial charge in [0.1, 0.15) is 0 Å². The van der Waals surface area contributed by atoms with Crippen molar-refractivity contribution in [2.45, 2.75) is 51.7 Å². The van der Waals surface area contributed by atoms with Gasteiger partial charge < -0.3 is 15.3 Å². The molecule has 5 nitrogen and oxygen atoms in total. The van der Waals surface area contributed by atoms with Crippen LogP contribution in [0.3, 0.4) is 0 Å². The second-order valence-corrected chi connectivity index (χ2v) is 6.95. The molecular formula is C18H26N2O3. The summed E-state index contributed by atoms with van der Waals surface area (Å²) in [5.74, 6) is -0.0547. The van der Waals surface area contributed by atoms with Gasteiger partial charge in [-0.15, -0.1) is 0 Å². The Labute approximate surface area is 137 Å². The standard InChI is InChI=1S/C18H26N2O3/c1-13(21)19-16-8-10-20(12-16)17(22)15-6-4-5-14(11-15)7-9-18(2,3)23/h4-6,11,16,23H,7-10,12H2,1-3H3,(H,19,21)/t16-/m1/s1. The van der Waals surface area contributed by atoms with Gasteiger partial charge in [0.2, 0.25) is 5.91 Å². The zero-order valence-electron chi connectivity index (χ0n) is 14.1. The van der Waals surface area contributed by atoms with Crippen LogP contribution in [0, 0.1) is 0 Å². The first-order chi connectivity index (χ1) is 10.7. The predicted octanol–water partition coefficient (Wildman–Crippen LogP) is 1.74. The average Bonchev–Trinajstić information content (AvgIpc) is 2.91. The molecule has 1 aromatic carbocycles. The normalized spacial score (nSPS) is 18.1. The highest BCUT2D eigenvalue weighted by molar-refractivity contribution is 5.94. The quantitative estimate of drug-likeness (QED) is 0.869. The van der Waals surface area contributed by atoms with E-state index in [9.17, 15) is 14.7 Å². The lowest BCUT2D eigenvalue weighted by Gasteiger charge is -2.18. The Morgan fingerprint density at radius 1 is 1.39 bits per heavy atom. The SMILES string of the molecule is CC(=O)N[C@@H]1CCN(C(=O)c2cccc(CCC(C)(C)O)c2)C1. The molecule has 0 aliphatic carbocycles. The summed E-state index contributed by atoms with van der Waals surface area (Å²) in [4.78, 5) is 25.5. The lowest BCUT2D eigenvalue weighted by atomic mass is 9.98. The molecule has 0 aromatic heterocycles. The zero-order chi connectivity index (χ0) is 17.0. The number of amides is 2. The van der Waals surface area contributed by atoms with E-state index in [0.29, 0.717) is 25.1 Å². The fraction of sp³-hybridized carbons (Fsp3) is 0.556. The molecule has 23 heavy (non-hydrogen) atoms. The van der Waals surface area contributed by atoms with Gasteiger partial charge >= 0.3 is 0 Å². The maximum absolute atomic E-state index is 12.6. The molecule has 1 aromatic rings. The van der Waals surface area contributed by atoms with E-state index in [2.05, 4.69) is 5.32 Å². The van der Waals surface area contributed by atoms with Crippen molar-refractivity contribution in [3.8, 4) is 0 Å². The Kier molecular flexibility index (Phi) is 5.42. The number of likely N-dealkylation sites (tertiary alicyclic amines) is 1. The van der Waals surface area contributed by atoms with Crippen molar-refractivity contribution in [3.05, 3.63) is 35.4 Å². The fourth-order valence-electron chi connectivity index (χ4n) is 2.84. The molecule has 126 valence electrons. The van der Waals surface area contributed by atoms with Crippen molar-refractivity contribution in [1.82, 2.24) is 10.2 Å². The smallest absolute Gasteiger partial charge is 0.253 e. The third kappa shape index (κ3) is 5.36. The Morgan fingerprint density at radius 2 is 2.13 bits per heavy atom. The summed E-state index contributed by atoms with van der Waals surface area (Å²) < 4.78 is 0. The summed E-state index contributed by atoms with van der Waals surface area (Å²) in [5.41, 5.74) is 1.01. The molecule has 0 bridgehead atoms. The lowest BCUT2D eigenvalue weighted by Crippen LogP contribution is -2.37. The Bertz CT molecular complexity index is 578. The number of rotatable bonds is 5. The third-order valence-corrected chi connectivity index (χ3v) is 4.08. The number of carbonyl (C=O) groups is 2. The van der Waals surface area contributed by atoms with E-state index in [4.69, 9.17) is 0 Å². The van der Waals surface area contributed by atoms with Gasteiger partial charge in [0, 0.05) is 31.6 Å². The predicted molar refractivity (Wildman–Crippen MR) is 89.2 cm³/mol. The highest BCUT2D eigenvalue weighted by Gasteiger charge is 2.27. The van der Waals surface area contributed by atoms with Crippen LogP contribution in [0.4, 0.5) is 0 Å². The van der Waals surface area contributed by atoms with Crippen molar-refractivity contribution < 1.29 is 14.7 Å². The minimum atomic E-state index is -0.708. The van der Waals surface area contributed by atoms with Crippen LogP contribution < -0.4 is 5.32 Å². The van der Waals surface area contributed by atoms with Gasteiger partial charge in [-0.25, -0.2) is 0 Å². The molecule has 5 heteroatoms. The highest BCUT2D eigenvalue weighted by atomic mass is 16.3. The molecule has 2 rings (SSSR count). The summed E-state index contributed by atoms with van der Waals surface area (Å²) in [6, 6.07) is 7.64. The molecule has 1 aliphatic heterocycles. The van der Waals surface area contributed by atoms with Crippen molar-refractivity contribution in [2.75, 3.05) is 13.1 Å². The summed E-state index contributed by atoms with van der Waals surface area (Å²) in [7, 11) is 0. The number of benzene rings is 1. The number of nitrogens with zero attached hydrogens (tertiary/aromatic N) is 1. The molecule has 2 amide bonds. The molecule has 0 radical (unpaired) electrons. The van der Waals surface area contributed by atoms with E-state index in [1.165, 1.54) is 6.92 Å². The molecule has 1 aliphatic rings. The molecule has 0 spiro atoms. The minimum absolute atomic E-state index is 0.00274. The second-order valence-electron chi connectivity index (χ2n) is 6.95. The molecule has 0 saturated carbocycles. The molecule has 1 heterocycles. The summed E-state index contributed by atoms with van der Waals surface area (Å²) >= 11 is 0. The minimum Gasteiger partial charge on any atom is -0.390 e. The van der Waals surface area contributed by atoms with E-state index >= 15 is 0 Å². The van der Waals surface area contributed by atoms with E-state index in [-0.39, 0.29) is 17.9 Å². The zero-order valence-corrected chi connectivity index (χ0v) is 14.1. The van der Waals surface area contributed by atoms with E-state index in [0.717, 1.165) is 18.4 Å². The molecule has 1 fully saturated rings. The molecule has 1 saturated heterocycles. The van der Waals surface area contributed by atoms with E-state index in [1.807, 2.05) is 24.3 Å². The first-order valence-electron chi connectivity index (χ1n) is 8.12. The van der Waals surface area contributed by atoms with Crippen molar-refractivity contribution in [1.29, 1.82) is 0 Å². The van der Waals surface area contributed by atoms with Crippen LogP contribution in [0.1, 0.15) is 49.5 Å². The van der Waals surface area contributed by atoms with Crippen LogP contribution in [0.2, 0.25) is 0 Å². The van der Waals surface area contributed by atoms with Crippen LogP contribution in [-0.2, 0) is 11.2 Å². The molecule has 1 atom stereocenters. The van der Waals surface area contributed by atoms with Gasteiger partial charge in [0.05, 0.1) is 5.60 Å². The van der Waals surface area contributed by atoms with Crippen LogP contribution in [0.25, 0.3) is 0 Å². The first kappa shape index (κ1) is 17.5.